The summed E-state index contributed by atoms with van der Waals surface area (Å²) >= 11 is 1.31. The highest BCUT2D eigenvalue weighted by Crippen LogP contribution is 2.32. The number of aromatic nitrogens is 1. The van der Waals surface area contributed by atoms with Gasteiger partial charge in [0.2, 0.25) is 6.79 Å². The van der Waals surface area contributed by atoms with Crippen LogP contribution in [0.2, 0.25) is 0 Å². The number of hydrogen-bond donors (Lipinski definition) is 2. The number of anilines is 1. The molecular weight excluding hydrogens is 378 g/mol. The first kappa shape index (κ1) is 18.1. The summed E-state index contributed by atoms with van der Waals surface area (Å²) in [6, 6.07) is 15.3. The van der Waals surface area contributed by atoms with Gasteiger partial charge in [0.15, 0.2) is 16.6 Å². The summed E-state index contributed by atoms with van der Waals surface area (Å²) < 4.78 is 16.2. The number of hydrogen-bond acceptors (Lipinski definition) is 7. The van der Waals surface area contributed by atoms with Crippen molar-refractivity contribution >= 4 is 22.4 Å². The molecule has 0 saturated heterocycles. The normalized spacial score (nSPS) is 11.9. The summed E-state index contributed by atoms with van der Waals surface area (Å²) in [6.45, 7) is 1.67. The number of fused-ring (bicyclic) bond motifs is 1. The van der Waals surface area contributed by atoms with E-state index in [0.717, 1.165) is 22.8 Å². The van der Waals surface area contributed by atoms with Crippen LogP contribution in [0.15, 0.2) is 54.7 Å². The largest absolute Gasteiger partial charge is 0.492 e. The Balaban J connectivity index is 1.22. The molecule has 4 rings (SSSR count). The van der Waals surface area contributed by atoms with Gasteiger partial charge in [0.05, 0.1) is 12.7 Å². The van der Waals surface area contributed by atoms with E-state index in [-0.39, 0.29) is 12.7 Å². The lowest BCUT2D eigenvalue weighted by molar-refractivity contribution is 0.0951. The first-order valence-electron chi connectivity index (χ1n) is 8.82. The van der Waals surface area contributed by atoms with Crippen LogP contribution in [-0.2, 0) is 6.54 Å². The van der Waals surface area contributed by atoms with Crippen LogP contribution in [0.3, 0.4) is 0 Å². The zero-order valence-electron chi connectivity index (χ0n) is 15.0. The molecule has 8 heteroatoms. The summed E-state index contributed by atoms with van der Waals surface area (Å²) in [7, 11) is 0. The zero-order valence-corrected chi connectivity index (χ0v) is 15.8. The van der Waals surface area contributed by atoms with E-state index in [1.165, 1.54) is 11.3 Å². The number of ether oxygens (including phenoxy) is 3. The predicted octanol–water partition coefficient (Wildman–Crippen LogP) is 3.29. The van der Waals surface area contributed by atoms with E-state index < -0.39 is 0 Å². The van der Waals surface area contributed by atoms with Gasteiger partial charge >= 0.3 is 0 Å². The van der Waals surface area contributed by atoms with Crippen molar-refractivity contribution in [3.8, 4) is 17.2 Å². The van der Waals surface area contributed by atoms with Gasteiger partial charge in [-0.15, -0.1) is 0 Å². The Morgan fingerprint density at radius 2 is 2.00 bits per heavy atom. The third-order valence-electron chi connectivity index (χ3n) is 4.01. The number of thiazole rings is 1. The number of carbonyl (C=O) groups excluding carboxylic acids is 1. The van der Waals surface area contributed by atoms with Crippen LogP contribution in [0.4, 0.5) is 5.13 Å². The first-order valence-corrected chi connectivity index (χ1v) is 9.64. The highest BCUT2D eigenvalue weighted by Gasteiger charge is 2.14. The Kier molecular flexibility index (Phi) is 5.58. The second kappa shape index (κ2) is 8.62. The Morgan fingerprint density at radius 3 is 2.89 bits per heavy atom. The molecule has 0 atom stereocenters. The molecule has 1 aromatic heterocycles. The quantitative estimate of drug-likeness (QED) is 0.568. The molecule has 0 bridgehead atoms. The number of amides is 1. The molecule has 0 fully saturated rings. The molecule has 0 radical (unpaired) electrons. The SMILES string of the molecule is O=C(NCCOc1ccccc1)c1cnc(NCc2ccc3c(c2)OCO3)s1. The number of nitrogens with one attached hydrogen (secondary N) is 2. The van der Waals surface area contributed by atoms with Gasteiger partial charge in [0, 0.05) is 6.54 Å². The minimum atomic E-state index is -0.162. The summed E-state index contributed by atoms with van der Waals surface area (Å²) in [5.41, 5.74) is 1.04. The molecule has 0 saturated carbocycles. The fraction of sp³-hybridized carbons (Fsp3) is 0.200. The molecule has 0 unspecified atom stereocenters. The van der Waals surface area contributed by atoms with E-state index >= 15 is 0 Å². The molecule has 2 heterocycles. The lowest BCUT2D eigenvalue weighted by Crippen LogP contribution is -2.27. The molecule has 3 aromatic rings. The zero-order chi connectivity index (χ0) is 19.2. The predicted molar refractivity (Wildman–Crippen MR) is 106 cm³/mol. The lowest BCUT2D eigenvalue weighted by Gasteiger charge is -2.06. The van der Waals surface area contributed by atoms with Gasteiger partial charge in [-0.2, -0.15) is 0 Å². The third kappa shape index (κ3) is 4.52. The molecule has 144 valence electrons. The minimum Gasteiger partial charge on any atom is -0.492 e. The molecule has 7 nitrogen and oxygen atoms in total. The molecule has 1 amide bonds. The molecule has 1 aliphatic rings. The van der Waals surface area contributed by atoms with Gasteiger partial charge in [-0.3, -0.25) is 4.79 Å². The van der Waals surface area contributed by atoms with E-state index in [4.69, 9.17) is 14.2 Å². The Morgan fingerprint density at radius 1 is 1.14 bits per heavy atom. The number of carbonyl (C=O) groups is 1. The number of benzene rings is 2. The number of rotatable bonds is 8. The molecule has 0 aliphatic carbocycles. The molecule has 2 N–H and O–H groups in total. The fourth-order valence-corrected chi connectivity index (χ4v) is 3.36. The number of nitrogens with zero attached hydrogens (tertiary/aromatic N) is 1. The van der Waals surface area contributed by atoms with Crippen molar-refractivity contribution in [1.82, 2.24) is 10.3 Å². The monoisotopic (exact) mass is 397 g/mol. The van der Waals surface area contributed by atoms with Gasteiger partial charge in [-0.25, -0.2) is 4.98 Å². The van der Waals surface area contributed by atoms with Crippen LogP contribution in [-0.4, -0.2) is 30.8 Å². The molecule has 2 aromatic carbocycles. The maximum absolute atomic E-state index is 12.2. The minimum absolute atomic E-state index is 0.162. The topological polar surface area (TPSA) is 81.7 Å². The highest BCUT2D eigenvalue weighted by atomic mass is 32.1. The summed E-state index contributed by atoms with van der Waals surface area (Å²) in [5.74, 6) is 2.12. The van der Waals surface area contributed by atoms with E-state index in [1.807, 2.05) is 48.5 Å². The second-order valence-corrected chi connectivity index (χ2v) is 7.02. The van der Waals surface area contributed by atoms with Crippen molar-refractivity contribution in [3.63, 3.8) is 0 Å². The standard InChI is InChI=1S/C20H19N3O4S/c24-19(21-8-9-25-15-4-2-1-3-5-15)18-12-23-20(28-18)22-11-14-6-7-16-17(10-14)27-13-26-16/h1-7,10,12H,8-9,11,13H2,(H,21,24)(H,22,23). The third-order valence-corrected chi connectivity index (χ3v) is 4.96. The average molecular weight is 397 g/mol. The first-order chi connectivity index (χ1) is 13.8. The van der Waals surface area contributed by atoms with E-state index in [1.54, 1.807) is 6.20 Å². The lowest BCUT2D eigenvalue weighted by atomic mass is 10.2. The Bertz CT molecular complexity index is 946. The van der Waals surface area contributed by atoms with Crippen LogP contribution in [0.5, 0.6) is 17.2 Å². The van der Waals surface area contributed by atoms with Gasteiger partial charge < -0.3 is 24.8 Å². The van der Waals surface area contributed by atoms with Gasteiger partial charge in [0.25, 0.3) is 5.91 Å². The maximum atomic E-state index is 12.2. The molecule has 1 aliphatic heterocycles. The van der Waals surface area contributed by atoms with Gasteiger partial charge in [-0.1, -0.05) is 35.6 Å². The fourth-order valence-electron chi connectivity index (χ4n) is 2.63. The summed E-state index contributed by atoms with van der Waals surface area (Å²) in [5, 5.41) is 6.74. The Labute approximate surface area is 166 Å². The molecule has 28 heavy (non-hydrogen) atoms. The Hall–Kier alpha value is -3.26. The van der Waals surface area contributed by atoms with Crippen molar-refractivity contribution < 1.29 is 19.0 Å². The van der Waals surface area contributed by atoms with Gasteiger partial charge in [0.1, 0.15) is 17.2 Å². The molecular formula is C20H19N3O4S. The van der Waals surface area contributed by atoms with Crippen molar-refractivity contribution in [1.29, 1.82) is 0 Å². The smallest absolute Gasteiger partial charge is 0.263 e. The van der Waals surface area contributed by atoms with E-state index in [2.05, 4.69) is 15.6 Å². The van der Waals surface area contributed by atoms with Crippen LogP contribution < -0.4 is 24.8 Å². The van der Waals surface area contributed by atoms with E-state index in [9.17, 15) is 4.79 Å². The summed E-state index contributed by atoms with van der Waals surface area (Å²) in [6.07, 6.45) is 1.57. The van der Waals surface area contributed by atoms with Crippen LogP contribution in [0, 0.1) is 0 Å². The summed E-state index contributed by atoms with van der Waals surface area (Å²) in [4.78, 5) is 17.0. The van der Waals surface area contributed by atoms with Crippen molar-refractivity contribution in [2.45, 2.75) is 6.54 Å². The molecule has 0 spiro atoms. The van der Waals surface area contributed by atoms with E-state index in [0.29, 0.717) is 29.7 Å². The van der Waals surface area contributed by atoms with Crippen molar-refractivity contribution in [2.24, 2.45) is 0 Å². The van der Waals surface area contributed by atoms with Gasteiger partial charge in [-0.05, 0) is 29.8 Å². The van der Waals surface area contributed by atoms with Crippen LogP contribution in [0.1, 0.15) is 15.2 Å². The van der Waals surface area contributed by atoms with Crippen LogP contribution in [0.25, 0.3) is 0 Å². The van der Waals surface area contributed by atoms with Crippen LogP contribution >= 0.6 is 11.3 Å². The van der Waals surface area contributed by atoms with Crippen molar-refractivity contribution in [2.75, 3.05) is 25.3 Å². The number of para-hydroxylation sites is 1. The highest BCUT2D eigenvalue weighted by molar-refractivity contribution is 7.17. The second-order valence-electron chi connectivity index (χ2n) is 5.99. The average Bonchev–Trinajstić information content (AvgIpc) is 3.39. The maximum Gasteiger partial charge on any atom is 0.263 e. The van der Waals surface area contributed by atoms with Crippen molar-refractivity contribution in [3.05, 3.63) is 65.2 Å².